The largest absolute Gasteiger partial charge is 0.374 e. The topological polar surface area (TPSA) is 38.4 Å². The van der Waals surface area contributed by atoms with Gasteiger partial charge in [-0.25, -0.2) is 0 Å². The first-order chi connectivity index (χ1) is 2.77. The zero-order valence-corrected chi connectivity index (χ0v) is 4.37. The van der Waals surface area contributed by atoms with Crippen molar-refractivity contribution in [1.29, 1.82) is 0 Å². The van der Waals surface area contributed by atoms with Crippen molar-refractivity contribution in [2.75, 3.05) is 6.54 Å². The lowest BCUT2D eigenvalue weighted by atomic mass is 10.8. The van der Waals surface area contributed by atoms with E-state index >= 15 is 0 Å². The number of halogens is 1. The molecule has 6 heavy (non-hydrogen) atoms. The van der Waals surface area contributed by atoms with E-state index in [1.165, 1.54) is 0 Å². The van der Waals surface area contributed by atoms with Gasteiger partial charge in [0.1, 0.15) is 0 Å². The molecule has 0 aromatic heterocycles. The Balaban J connectivity index is 3.14. The highest BCUT2D eigenvalue weighted by Gasteiger charge is 1.71. The van der Waals surface area contributed by atoms with Gasteiger partial charge < -0.3 is 5.73 Å². The second-order valence-electron chi connectivity index (χ2n) is 0.797. The van der Waals surface area contributed by atoms with Crippen molar-refractivity contribution in [3.8, 4) is 0 Å². The molecule has 0 aliphatic heterocycles. The monoisotopic (exact) mass is 106 g/mol. The summed E-state index contributed by atoms with van der Waals surface area (Å²) < 4.78 is 0. The summed E-state index contributed by atoms with van der Waals surface area (Å²) in [6.45, 7) is 2.53. The van der Waals surface area contributed by atoms with Gasteiger partial charge in [0.15, 0.2) is 5.29 Å². The van der Waals surface area contributed by atoms with Crippen molar-refractivity contribution in [2.45, 2.75) is 6.92 Å². The number of nitrogens with zero attached hydrogens (tertiary/aromatic N) is 1. The van der Waals surface area contributed by atoms with E-state index in [-0.39, 0.29) is 5.29 Å². The number of hydrogen-bond donors (Lipinski definition) is 1. The van der Waals surface area contributed by atoms with Gasteiger partial charge in [0.25, 0.3) is 0 Å². The van der Waals surface area contributed by atoms with Crippen LogP contribution in [0.3, 0.4) is 0 Å². The molecule has 0 fully saturated rings. The minimum absolute atomic E-state index is 0.137. The van der Waals surface area contributed by atoms with Crippen LogP contribution in [-0.2, 0) is 0 Å². The minimum Gasteiger partial charge on any atom is -0.374 e. The quantitative estimate of drug-likeness (QED) is 0.296. The van der Waals surface area contributed by atoms with Crippen LogP contribution in [0.2, 0.25) is 0 Å². The van der Waals surface area contributed by atoms with Crippen molar-refractivity contribution < 1.29 is 0 Å². The van der Waals surface area contributed by atoms with Gasteiger partial charge in [-0.3, -0.25) is 4.99 Å². The Morgan fingerprint density at radius 1 is 2.00 bits per heavy atom. The summed E-state index contributed by atoms with van der Waals surface area (Å²) >= 11 is 5.11. The molecule has 0 bridgehead atoms. The number of rotatable bonds is 1. The third-order valence-corrected chi connectivity index (χ3v) is 0.429. The molecule has 0 rings (SSSR count). The third kappa shape index (κ3) is 3.76. The van der Waals surface area contributed by atoms with Crippen LogP contribution in [0, 0.1) is 0 Å². The molecular weight excluding hydrogens is 99.5 g/mol. The Labute approximate surface area is 42.0 Å². The Kier molecular flexibility index (Phi) is 2.85. The lowest BCUT2D eigenvalue weighted by molar-refractivity contribution is 1.13. The van der Waals surface area contributed by atoms with Crippen LogP contribution in [0.5, 0.6) is 0 Å². The molecule has 2 N–H and O–H groups in total. The van der Waals surface area contributed by atoms with Crippen molar-refractivity contribution in [3.05, 3.63) is 0 Å². The average molecular weight is 107 g/mol. The maximum Gasteiger partial charge on any atom is 0.188 e. The van der Waals surface area contributed by atoms with Gasteiger partial charge in [0.05, 0.1) is 0 Å². The summed E-state index contributed by atoms with van der Waals surface area (Å²) in [6.07, 6.45) is 0. The molecule has 0 heterocycles. The van der Waals surface area contributed by atoms with E-state index in [1.54, 1.807) is 0 Å². The van der Waals surface area contributed by atoms with Gasteiger partial charge in [-0.2, -0.15) is 0 Å². The van der Waals surface area contributed by atoms with E-state index < -0.39 is 0 Å². The fourth-order valence-electron chi connectivity index (χ4n) is 0.151. The van der Waals surface area contributed by atoms with Gasteiger partial charge in [-0.05, 0) is 18.5 Å². The number of amidine groups is 1. The molecule has 0 amide bonds. The summed E-state index contributed by atoms with van der Waals surface area (Å²) in [5.41, 5.74) is 4.92. The molecule has 36 valence electrons. The van der Waals surface area contributed by atoms with Crippen LogP contribution in [0.4, 0.5) is 0 Å². The maximum absolute atomic E-state index is 5.11. The van der Waals surface area contributed by atoms with Crippen LogP contribution in [0.15, 0.2) is 4.99 Å². The van der Waals surface area contributed by atoms with Crippen LogP contribution in [0.1, 0.15) is 6.92 Å². The van der Waals surface area contributed by atoms with E-state index in [2.05, 4.69) is 4.99 Å². The van der Waals surface area contributed by atoms with Crippen LogP contribution >= 0.6 is 11.6 Å². The molecular formula is C3H7ClN2. The van der Waals surface area contributed by atoms with Crippen molar-refractivity contribution in [3.63, 3.8) is 0 Å². The van der Waals surface area contributed by atoms with Gasteiger partial charge in [-0.15, -0.1) is 0 Å². The first-order valence-corrected chi connectivity index (χ1v) is 2.10. The standard InChI is InChI=1S/C3H7ClN2/c1-2-6-3(4)5/h2H2,1H3,(H2,5,6). The zero-order chi connectivity index (χ0) is 4.99. The average Bonchev–Trinajstić information content (AvgIpc) is 1.35. The summed E-state index contributed by atoms with van der Waals surface area (Å²) in [4.78, 5) is 3.58. The summed E-state index contributed by atoms with van der Waals surface area (Å²) in [5, 5.41) is 0.137. The molecule has 0 atom stereocenters. The van der Waals surface area contributed by atoms with E-state index in [1.807, 2.05) is 6.92 Å². The molecule has 2 nitrogen and oxygen atoms in total. The molecule has 0 saturated heterocycles. The van der Waals surface area contributed by atoms with Crippen LogP contribution in [-0.4, -0.2) is 11.8 Å². The smallest absolute Gasteiger partial charge is 0.188 e. The van der Waals surface area contributed by atoms with E-state index in [0.29, 0.717) is 6.54 Å². The normalized spacial score (nSPS) is 12.0. The predicted octanol–water partition coefficient (Wildman–Crippen LogP) is 0.560. The molecule has 3 heteroatoms. The van der Waals surface area contributed by atoms with Crippen molar-refractivity contribution in [1.82, 2.24) is 0 Å². The first-order valence-electron chi connectivity index (χ1n) is 1.72. The van der Waals surface area contributed by atoms with E-state index in [9.17, 15) is 0 Å². The maximum atomic E-state index is 5.11. The fraction of sp³-hybridized carbons (Fsp3) is 0.667. The molecule has 0 aliphatic carbocycles. The lowest BCUT2D eigenvalue weighted by Gasteiger charge is -1.78. The Bertz CT molecular complexity index is 55.8. The lowest BCUT2D eigenvalue weighted by Crippen LogP contribution is -2.01. The second kappa shape index (κ2) is 2.97. The molecule has 0 aliphatic rings. The highest BCUT2D eigenvalue weighted by molar-refractivity contribution is 6.64. The predicted molar refractivity (Wildman–Crippen MR) is 28.0 cm³/mol. The highest BCUT2D eigenvalue weighted by atomic mass is 35.5. The first kappa shape index (κ1) is 5.76. The van der Waals surface area contributed by atoms with Gasteiger partial charge in [0, 0.05) is 6.54 Å². The zero-order valence-electron chi connectivity index (χ0n) is 3.61. The molecule has 0 saturated carbocycles. The number of aliphatic imine (C=N–C) groups is 1. The molecule has 0 radical (unpaired) electrons. The minimum atomic E-state index is 0.137. The van der Waals surface area contributed by atoms with Crippen molar-refractivity contribution >= 4 is 16.9 Å². The number of hydrogen-bond acceptors (Lipinski definition) is 1. The Morgan fingerprint density at radius 3 is 2.50 bits per heavy atom. The van der Waals surface area contributed by atoms with Gasteiger partial charge in [-0.1, -0.05) is 0 Å². The highest BCUT2D eigenvalue weighted by Crippen LogP contribution is 1.72. The summed E-state index contributed by atoms with van der Waals surface area (Å²) in [7, 11) is 0. The summed E-state index contributed by atoms with van der Waals surface area (Å²) in [5.74, 6) is 0. The molecule has 0 unspecified atom stereocenters. The third-order valence-electron chi connectivity index (χ3n) is 0.309. The van der Waals surface area contributed by atoms with Crippen LogP contribution in [0.25, 0.3) is 0 Å². The fourth-order valence-corrected chi connectivity index (χ4v) is 0.271. The molecule has 0 aromatic carbocycles. The van der Waals surface area contributed by atoms with Gasteiger partial charge in [0.2, 0.25) is 0 Å². The SMILES string of the molecule is CCN=C(N)Cl. The van der Waals surface area contributed by atoms with E-state index in [0.717, 1.165) is 0 Å². The van der Waals surface area contributed by atoms with Crippen LogP contribution < -0.4 is 5.73 Å². The van der Waals surface area contributed by atoms with E-state index in [4.69, 9.17) is 17.3 Å². The molecule has 0 aromatic rings. The number of nitrogens with two attached hydrogens (primary N) is 1. The second-order valence-corrected chi connectivity index (χ2v) is 1.18. The Hall–Kier alpha value is -0.240. The summed E-state index contributed by atoms with van der Waals surface area (Å²) in [6, 6.07) is 0. The molecule has 0 spiro atoms. The Morgan fingerprint density at radius 2 is 2.50 bits per heavy atom. The van der Waals surface area contributed by atoms with Gasteiger partial charge >= 0.3 is 0 Å². The van der Waals surface area contributed by atoms with Crippen molar-refractivity contribution in [2.24, 2.45) is 10.7 Å².